The van der Waals surface area contributed by atoms with Crippen LogP contribution in [0.2, 0.25) is 0 Å². The van der Waals surface area contributed by atoms with E-state index in [4.69, 9.17) is 4.74 Å². The molecule has 0 radical (unpaired) electrons. The molecule has 0 aliphatic heterocycles. The maximum absolute atomic E-state index is 12.7. The third kappa shape index (κ3) is 4.45. The number of aromatic nitrogens is 2. The second-order valence-electron chi connectivity index (χ2n) is 5.91. The molecule has 0 bridgehead atoms. The van der Waals surface area contributed by atoms with E-state index in [0.29, 0.717) is 10.9 Å². The third-order valence-corrected chi connectivity index (χ3v) is 4.68. The second-order valence-corrected chi connectivity index (χ2v) is 6.92. The van der Waals surface area contributed by atoms with Crippen LogP contribution < -0.4 is 10.1 Å². The maximum Gasteiger partial charge on any atom is 0.270 e. The number of hydrogen-bond donors (Lipinski definition) is 1. The van der Waals surface area contributed by atoms with E-state index in [0.717, 1.165) is 5.01 Å². The molecule has 1 heterocycles. The Bertz CT molecular complexity index is 973. The molecule has 0 unspecified atom stereocenters. The third-order valence-electron chi connectivity index (χ3n) is 3.54. The zero-order valence-electron chi connectivity index (χ0n) is 14.6. The standard InChI is InChI=1S/C18H16N4O4S/c1-11(2)17-20-21-18(27-17)19-16(23)14-10-12(22(24)25)8-9-15(14)26-13-6-4-3-5-7-13/h3-11H,1-2H3,(H,19,21,23). The first-order chi connectivity index (χ1) is 12.9. The number of carbonyl (C=O) groups is 1. The van der Waals surface area contributed by atoms with Crippen molar-refractivity contribution in [1.29, 1.82) is 0 Å². The van der Waals surface area contributed by atoms with Gasteiger partial charge in [0.05, 0.1) is 10.5 Å². The number of anilines is 1. The van der Waals surface area contributed by atoms with E-state index in [9.17, 15) is 14.9 Å². The molecule has 3 aromatic rings. The Hall–Kier alpha value is -3.33. The minimum atomic E-state index is -0.565. The Morgan fingerprint density at radius 3 is 2.56 bits per heavy atom. The van der Waals surface area contributed by atoms with Crippen LogP contribution in [0.1, 0.15) is 35.1 Å². The van der Waals surface area contributed by atoms with Gasteiger partial charge in [-0.25, -0.2) is 0 Å². The van der Waals surface area contributed by atoms with Gasteiger partial charge in [-0.2, -0.15) is 0 Å². The van der Waals surface area contributed by atoms with Crippen LogP contribution >= 0.6 is 11.3 Å². The molecular formula is C18H16N4O4S. The quantitative estimate of drug-likeness (QED) is 0.491. The van der Waals surface area contributed by atoms with Crippen LogP contribution in [0.4, 0.5) is 10.8 Å². The highest BCUT2D eigenvalue weighted by molar-refractivity contribution is 7.15. The van der Waals surface area contributed by atoms with Gasteiger partial charge in [0.2, 0.25) is 5.13 Å². The van der Waals surface area contributed by atoms with Gasteiger partial charge in [0.1, 0.15) is 16.5 Å². The van der Waals surface area contributed by atoms with E-state index < -0.39 is 10.8 Å². The lowest BCUT2D eigenvalue weighted by Crippen LogP contribution is -2.13. The molecule has 0 aliphatic rings. The van der Waals surface area contributed by atoms with Gasteiger partial charge in [0, 0.05) is 18.1 Å². The zero-order chi connectivity index (χ0) is 19.4. The number of nitro benzene ring substituents is 1. The Balaban J connectivity index is 1.91. The summed E-state index contributed by atoms with van der Waals surface area (Å²) < 4.78 is 5.73. The van der Waals surface area contributed by atoms with Crippen molar-refractivity contribution in [2.45, 2.75) is 19.8 Å². The van der Waals surface area contributed by atoms with Crippen molar-refractivity contribution in [3.05, 3.63) is 69.2 Å². The fourth-order valence-corrected chi connectivity index (χ4v) is 2.94. The molecule has 9 heteroatoms. The van der Waals surface area contributed by atoms with Crippen molar-refractivity contribution in [3.63, 3.8) is 0 Å². The molecule has 0 saturated heterocycles. The lowest BCUT2D eigenvalue weighted by molar-refractivity contribution is -0.384. The predicted octanol–water partition coefficient (Wildman–Crippen LogP) is 4.61. The first-order valence-electron chi connectivity index (χ1n) is 8.10. The fourth-order valence-electron chi connectivity index (χ4n) is 2.20. The van der Waals surface area contributed by atoms with Gasteiger partial charge in [0.15, 0.2) is 0 Å². The topological polar surface area (TPSA) is 107 Å². The number of non-ortho nitro benzene ring substituents is 1. The SMILES string of the molecule is CC(C)c1nnc(NC(=O)c2cc([N+](=O)[O-])ccc2Oc2ccccc2)s1. The van der Waals surface area contributed by atoms with Crippen LogP contribution in [0.25, 0.3) is 0 Å². The highest BCUT2D eigenvalue weighted by Gasteiger charge is 2.20. The molecule has 2 aromatic carbocycles. The fraction of sp³-hybridized carbons (Fsp3) is 0.167. The normalized spacial score (nSPS) is 10.6. The molecule has 0 aliphatic carbocycles. The number of amides is 1. The zero-order valence-corrected chi connectivity index (χ0v) is 15.4. The van der Waals surface area contributed by atoms with Crippen LogP contribution in [-0.2, 0) is 0 Å². The summed E-state index contributed by atoms with van der Waals surface area (Å²) in [7, 11) is 0. The van der Waals surface area contributed by atoms with E-state index in [1.807, 2.05) is 19.9 Å². The number of nitro groups is 1. The van der Waals surface area contributed by atoms with Crippen LogP contribution in [-0.4, -0.2) is 21.0 Å². The van der Waals surface area contributed by atoms with Gasteiger partial charge in [-0.1, -0.05) is 43.4 Å². The molecule has 1 N–H and O–H groups in total. The van der Waals surface area contributed by atoms with Crippen molar-refractivity contribution < 1.29 is 14.5 Å². The summed E-state index contributed by atoms with van der Waals surface area (Å²) in [6, 6.07) is 12.7. The molecule has 0 atom stereocenters. The van der Waals surface area contributed by atoms with Crippen molar-refractivity contribution in [1.82, 2.24) is 10.2 Å². The van der Waals surface area contributed by atoms with Gasteiger partial charge in [-0.15, -0.1) is 10.2 Å². The molecule has 27 heavy (non-hydrogen) atoms. The monoisotopic (exact) mass is 384 g/mol. The summed E-state index contributed by atoms with van der Waals surface area (Å²) in [6.45, 7) is 3.94. The number of benzene rings is 2. The number of hydrogen-bond acceptors (Lipinski definition) is 7. The summed E-state index contributed by atoms with van der Waals surface area (Å²) >= 11 is 1.26. The molecule has 0 fully saturated rings. The average molecular weight is 384 g/mol. The average Bonchev–Trinajstić information content (AvgIpc) is 3.11. The summed E-state index contributed by atoms with van der Waals surface area (Å²) in [6.07, 6.45) is 0. The summed E-state index contributed by atoms with van der Waals surface area (Å²) in [4.78, 5) is 23.2. The van der Waals surface area contributed by atoms with Crippen molar-refractivity contribution in [2.75, 3.05) is 5.32 Å². The molecule has 0 saturated carbocycles. The van der Waals surface area contributed by atoms with E-state index in [2.05, 4.69) is 15.5 Å². The van der Waals surface area contributed by atoms with Gasteiger partial charge in [-0.3, -0.25) is 20.2 Å². The highest BCUT2D eigenvalue weighted by Crippen LogP contribution is 2.30. The molecule has 1 amide bonds. The van der Waals surface area contributed by atoms with E-state index >= 15 is 0 Å². The molecular weight excluding hydrogens is 368 g/mol. The number of nitrogens with zero attached hydrogens (tertiary/aromatic N) is 3. The van der Waals surface area contributed by atoms with Gasteiger partial charge < -0.3 is 4.74 Å². The first kappa shape index (κ1) is 18.5. The molecule has 138 valence electrons. The smallest absolute Gasteiger partial charge is 0.270 e. The summed E-state index contributed by atoms with van der Waals surface area (Å²) in [5.74, 6) is 0.343. The molecule has 1 aromatic heterocycles. The van der Waals surface area contributed by atoms with Crippen LogP contribution in [0.5, 0.6) is 11.5 Å². The van der Waals surface area contributed by atoms with Crippen LogP contribution in [0.3, 0.4) is 0 Å². The van der Waals surface area contributed by atoms with Gasteiger partial charge in [0.25, 0.3) is 11.6 Å². The molecule has 8 nitrogen and oxygen atoms in total. The number of para-hydroxylation sites is 1. The second kappa shape index (κ2) is 7.92. The molecule has 3 rings (SSSR count). The van der Waals surface area contributed by atoms with E-state index in [1.54, 1.807) is 24.3 Å². The Labute approximate surface area is 159 Å². The largest absolute Gasteiger partial charge is 0.457 e. The Morgan fingerprint density at radius 2 is 1.93 bits per heavy atom. The maximum atomic E-state index is 12.7. The minimum absolute atomic E-state index is 0.0364. The van der Waals surface area contributed by atoms with Crippen LogP contribution in [0, 0.1) is 10.1 Å². The van der Waals surface area contributed by atoms with Gasteiger partial charge in [-0.05, 0) is 18.2 Å². The lowest BCUT2D eigenvalue weighted by atomic mass is 10.1. The Kier molecular flexibility index (Phi) is 5.41. The van der Waals surface area contributed by atoms with Gasteiger partial charge >= 0.3 is 0 Å². The highest BCUT2D eigenvalue weighted by atomic mass is 32.1. The van der Waals surface area contributed by atoms with Crippen molar-refractivity contribution in [2.24, 2.45) is 0 Å². The van der Waals surface area contributed by atoms with E-state index in [1.165, 1.54) is 29.5 Å². The number of ether oxygens (including phenoxy) is 1. The number of carbonyl (C=O) groups excluding carboxylic acids is 1. The Morgan fingerprint density at radius 1 is 1.19 bits per heavy atom. The minimum Gasteiger partial charge on any atom is -0.457 e. The lowest BCUT2D eigenvalue weighted by Gasteiger charge is -2.10. The summed E-state index contributed by atoms with van der Waals surface area (Å²) in [5.41, 5.74) is -0.171. The summed E-state index contributed by atoms with van der Waals surface area (Å²) in [5, 5.41) is 22.8. The molecule has 0 spiro atoms. The van der Waals surface area contributed by atoms with Crippen molar-refractivity contribution >= 4 is 28.1 Å². The van der Waals surface area contributed by atoms with E-state index in [-0.39, 0.29) is 22.9 Å². The van der Waals surface area contributed by atoms with Crippen LogP contribution in [0.15, 0.2) is 48.5 Å². The first-order valence-corrected chi connectivity index (χ1v) is 8.92. The van der Waals surface area contributed by atoms with Crippen molar-refractivity contribution in [3.8, 4) is 11.5 Å². The predicted molar refractivity (Wildman–Crippen MR) is 102 cm³/mol. The number of nitrogens with one attached hydrogen (secondary N) is 1. The number of rotatable bonds is 6.